The zero-order valence-corrected chi connectivity index (χ0v) is 19.3. The van der Waals surface area contributed by atoms with Crippen LogP contribution in [-0.2, 0) is 11.2 Å². The van der Waals surface area contributed by atoms with Crippen molar-refractivity contribution >= 4 is 17.7 Å². The highest BCUT2D eigenvalue weighted by molar-refractivity contribution is 7.99. The predicted octanol–water partition coefficient (Wildman–Crippen LogP) is 4.96. The van der Waals surface area contributed by atoms with Crippen LogP contribution in [0.1, 0.15) is 30.0 Å². The lowest BCUT2D eigenvalue weighted by atomic mass is 9.87. The van der Waals surface area contributed by atoms with Crippen molar-refractivity contribution in [3.63, 3.8) is 0 Å². The molecule has 0 radical (unpaired) electrons. The third kappa shape index (κ3) is 4.41. The van der Waals surface area contributed by atoms with Crippen molar-refractivity contribution in [3.05, 3.63) is 90.3 Å². The lowest BCUT2D eigenvalue weighted by Crippen LogP contribution is -2.34. The van der Waals surface area contributed by atoms with E-state index < -0.39 is 0 Å². The van der Waals surface area contributed by atoms with Crippen LogP contribution in [-0.4, -0.2) is 43.4 Å². The van der Waals surface area contributed by atoms with Crippen molar-refractivity contribution in [2.45, 2.75) is 30.5 Å². The van der Waals surface area contributed by atoms with Crippen molar-refractivity contribution in [1.82, 2.24) is 24.6 Å². The summed E-state index contributed by atoms with van der Waals surface area (Å²) in [6.45, 7) is 0. The summed E-state index contributed by atoms with van der Waals surface area (Å²) < 4.78 is 1.99. The van der Waals surface area contributed by atoms with Gasteiger partial charge in [-0.15, -0.1) is 10.2 Å². The number of rotatable bonds is 6. The average molecular weight is 456 g/mol. The lowest BCUT2D eigenvalue weighted by Gasteiger charge is -2.33. The molecule has 0 saturated carbocycles. The van der Waals surface area contributed by atoms with E-state index >= 15 is 0 Å². The summed E-state index contributed by atoms with van der Waals surface area (Å²) >= 11 is 1.42. The highest BCUT2D eigenvalue weighted by Crippen LogP contribution is 2.34. The Morgan fingerprint density at radius 3 is 2.70 bits per heavy atom. The third-order valence-corrected chi connectivity index (χ3v) is 7.00. The maximum Gasteiger partial charge on any atom is 0.233 e. The van der Waals surface area contributed by atoms with Crippen LogP contribution < -0.4 is 0 Å². The van der Waals surface area contributed by atoms with Gasteiger partial charge in [-0.25, -0.2) is 0 Å². The fraction of sp³-hybridized carbons (Fsp3) is 0.231. The minimum Gasteiger partial charge on any atom is -0.338 e. The molecule has 0 aliphatic heterocycles. The van der Waals surface area contributed by atoms with Crippen LogP contribution in [0.25, 0.3) is 17.1 Å². The summed E-state index contributed by atoms with van der Waals surface area (Å²) in [4.78, 5) is 19.3. The molecule has 1 aliphatic carbocycles. The van der Waals surface area contributed by atoms with Crippen LogP contribution >= 0.6 is 11.8 Å². The van der Waals surface area contributed by atoms with Gasteiger partial charge in [-0.1, -0.05) is 54.2 Å². The summed E-state index contributed by atoms with van der Waals surface area (Å²) in [5.74, 6) is 1.10. The van der Waals surface area contributed by atoms with Gasteiger partial charge in [-0.3, -0.25) is 14.3 Å². The minimum atomic E-state index is 0.0900. The number of thioether (sulfide) groups is 1. The first-order chi connectivity index (χ1) is 16.2. The first-order valence-electron chi connectivity index (χ1n) is 11.1. The molecule has 7 heteroatoms. The van der Waals surface area contributed by atoms with Crippen LogP contribution in [0.15, 0.2) is 84.3 Å². The highest BCUT2D eigenvalue weighted by Gasteiger charge is 2.27. The molecule has 166 valence electrons. The Labute approximate surface area is 197 Å². The summed E-state index contributed by atoms with van der Waals surface area (Å²) in [6, 6.07) is 22.4. The molecule has 2 aromatic carbocycles. The molecule has 1 aliphatic rings. The Balaban J connectivity index is 1.38. The smallest absolute Gasteiger partial charge is 0.233 e. The number of aromatic nitrogens is 4. The number of carbonyl (C=O) groups excluding carboxylic acids is 1. The standard InChI is InChI=1S/C26H25N5OS/c1-30(23-15-7-10-19-9-5-6-14-22(19)23)24(32)18-33-26-29-28-25(20-11-8-16-27-17-20)31(26)21-12-3-2-4-13-21/h2-6,8-9,11-14,16-17,23H,7,10,15,18H2,1H3/t23-/m0/s1. The van der Waals surface area contributed by atoms with Crippen molar-refractivity contribution in [1.29, 1.82) is 0 Å². The van der Waals surface area contributed by atoms with E-state index in [4.69, 9.17) is 0 Å². The second-order valence-corrected chi connectivity index (χ2v) is 9.06. The molecule has 6 nitrogen and oxygen atoms in total. The maximum atomic E-state index is 13.2. The minimum absolute atomic E-state index is 0.0900. The summed E-state index contributed by atoms with van der Waals surface area (Å²) in [7, 11) is 1.92. The number of carbonyl (C=O) groups is 1. The molecule has 4 aromatic rings. The number of hydrogen-bond acceptors (Lipinski definition) is 5. The topological polar surface area (TPSA) is 63.9 Å². The van der Waals surface area contributed by atoms with E-state index in [0.29, 0.717) is 16.7 Å². The Morgan fingerprint density at radius 2 is 1.88 bits per heavy atom. The zero-order valence-electron chi connectivity index (χ0n) is 18.5. The molecule has 0 saturated heterocycles. The quantitative estimate of drug-likeness (QED) is 0.385. The van der Waals surface area contributed by atoms with E-state index in [9.17, 15) is 4.79 Å². The average Bonchev–Trinajstić information content (AvgIpc) is 3.31. The van der Waals surface area contributed by atoms with Crippen molar-refractivity contribution in [2.24, 2.45) is 0 Å². The van der Waals surface area contributed by atoms with Crippen LogP contribution in [0.3, 0.4) is 0 Å². The molecule has 2 heterocycles. The first kappa shape index (κ1) is 21.4. The third-order valence-electron chi connectivity index (χ3n) is 6.09. The van der Waals surface area contributed by atoms with E-state index in [1.807, 2.05) is 59.0 Å². The molecule has 33 heavy (non-hydrogen) atoms. The molecule has 0 spiro atoms. The van der Waals surface area contributed by atoms with E-state index in [-0.39, 0.29) is 11.9 Å². The predicted molar refractivity (Wildman–Crippen MR) is 130 cm³/mol. The number of benzene rings is 2. The Kier molecular flexibility index (Phi) is 6.21. The van der Waals surface area contributed by atoms with Crippen molar-refractivity contribution in [2.75, 3.05) is 12.8 Å². The number of fused-ring (bicyclic) bond motifs is 1. The van der Waals surface area contributed by atoms with Crippen LogP contribution in [0.4, 0.5) is 0 Å². The number of hydrogen-bond donors (Lipinski definition) is 0. The number of aryl methyl sites for hydroxylation is 1. The number of para-hydroxylation sites is 1. The van der Waals surface area contributed by atoms with Gasteiger partial charge < -0.3 is 4.90 Å². The molecular weight excluding hydrogens is 430 g/mol. The second kappa shape index (κ2) is 9.58. The lowest BCUT2D eigenvalue weighted by molar-refractivity contribution is -0.129. The highest BCUT2D eigenvalue weighted by atomic mass is 32.2. The number of amides is 1. The zero-order chi connectivity index (χ0) is 22.6. The number of nitrogens with zero attached hydrogens (tertiary/aromatic N) is 5. The first-order valence-corrected chi connectivity index (χ1v) is 12.1. The summed E-state index contributed by atoms with van der Waals surface area (Å²) in [6.07, 6.45) is 6.69. The van der Waals surface area contributed by atoms with E-state index in [2.05, 4.69) is 39.4 Å². The Bertz CT molecular complexity index is 1240. The Morgan fingerprint density at radius 1 is 1.06 bits per heavy atom. The number of pyridine rings is 1. The van der Waals surface area contributed by atoms with Crippen LogP contribution in [0.2, 0.25) is 0 Å². The van der Waals surface area contributed by atoms with Gasteiger partial charge in [-0.2, -0.15) is 0 Å². The van der Waals surface area contributed by atoms with Crippen molar-refractivity contribution in [3.8, 4) is 17.1 Å². The molecule has 1 atom stereocenters. The molecule has 0 unspecified atom stereocenters. The molecule has 2 aromatic heterocycles. The molecule has 5 rings (SSSR count). The second-order valence-electron chi connectivity index (χ2n) is 8.12. The van der Waals surface area contributed by atoms with Gasteiger partial charge in [0.1, 0.15) is 0 Å². The summed E-state index contributed by atoms with van der Waals surface area (Å²) in [5, 5.41) is 9.54. The fourth-order valence-corrected chi connectivity index (χ4v) is 5.26. The molecule has 0 N–H and O–H groups in total. The molecular formula is C26H25N5OS. The van der Waals surface area contributed by atoms with Gasteiger partial charge >= 0.3 is 0 Å². The summed E-state index contributed by atoms with van der Waals surface area (Å²) in [5.41, 5.74) is 4.45. The van der Waals surface area contributed by atoms with Gasteiger partial charge in [0.15, 0.2) is 11.0 Å². The Hall–Kier alpha value is -3.45. The fourth-order valence-electron chi connectivity index (χ4n) is 4.39. The van der Waals surface area contributed by atoms with Gasteiger partial charge in [-0.05, 0) is 54.7 Å². The van der Waals surface area contributed by atoms with Crippen LogP contribution in [0.5, 0.6) is 0 Å². The molecule has 0 fully saturated rings. The normalized spacial score (nSPS) is 15.1. The van der Waals surface area contributed by atoms with E-state index in [0.717, 1.165) is 30.5 Å². The largest absolute Gasteiger partial charge is 0.338 e. The van der Waals surface area contributed by atoms with Gasteiger partial charge in [0, 0.05) is 30.7 Å². The SMILES string of the molecule is CN(C(=O)CSc1nnc(-c2cccnc2)n1-c1ccccc1)[C@H]1CCCc2ccccc21. The van der Waals surface area contributed by atoms with Crippen LogP contribution in [0, 0.1) is 0 Å². The van der Waals surface area contributed by atoms with Crippen molar-refractivity contribution < 1.29 is 4.79 Å². The maximum absolute atomic E-state index is 13.2. The molecule has 1 amide bonds. The van der Waals surface area contributed by atoms with Gasteiger partial charge in [0.2, 0.25) is 5.91 Å². The van der Waals surface area contributed by atoms with E-state index in [1.165, 1.54) is 22.9 Å². The van der Waals surface area contributed by atoms with E-state index in [1.54, 1.807) is 12.4 Å². The monoisotopic (exact) mass is 455 g/mol. The molecule has 0 bridgehead atoms. The van der Waals surface area contributed by atoms with Gasteiger partial charge in [0.25, 0.3) is 0 Å². The van der Waals surface area contributed by atoms with Gasteiger partial charge in [0.05, 0.1) is 11.8 Å².